The minimum Gasteiger partial charge on any atom is -0.817 e. The van der Waals surface area contributed by atoms with E-state index in [0.29, 0.717) is 6.61 Å². The minimum absolute atomic E-state index is 0.317. The maximum atomic E-state index is 12.0. The Bertz CT molecular complexity index is 721. The van der Waals surface area contributed by atoms with Gasteiger partial charge in [-0.2, -0.15) is 0 Å². The average Bonchev–Trinajstić information content (AvgIpc) is 2.91. The van der Waals surface area contributed by atoms with E-state index in [2.05, 4.69) is 5.10 Å². The van der Waals surface area contributed by atoms with Gasteiger partial charge in [0.2, 0.25) is 12.3 Å². The molecular formula is C16H15N3O2. The summed E-state index contributed by atoms with van der Waals surface area (Å²) in [5, 5.41) is 16.0. The van der Waals surface area contributed by atoms with Crippen molar-refractivity contribution in [1.29, 1.82) is 0 Å². The van der Waals surface area contributed by atoms with Gasteiger partial charge in [-0.3, -0.25) is 0 Å². The summed E-state index contributed by atoms with van der Waals surface area (Å²) in [6, 6.07) is 16.6. The Morgan fingerprint density at radius 1 is 1.10 bits per heavy atom. The third kappa shape index (κ3) is 2.72. The molecule has 5 heteroatoms. The van der Waals surface area contributed by atoms with Crippen LogP contribution in [0.2, 0.25) is 0 Å². The van der Waals surface area contributed by atoms with Crippen LogP contribution >= 0.6 is 0 Å². The highest BCUT2D eigenvalue weighted by Gasteiger charge is 2.12. The molecule has 0 radical (unpaired) electrons. The topological polar surface area (TPSA) is 54.0 Å². The SMILES string of the molecule is CCOc1ccc(-[n+]2cn(-c3ccccc3)nc2[O-])cc1. The first kappa shape index (κ1) is 13.2. The van der Waals surface area contributed by atoms with Crippen LogP contribution in [0.3, 0.4) is 0 Å². The molecule has 1 aromatic heterocycles. The summed E-state index contributed by atoms with van der Waals surface area (Å²) in [7, 11) is 0. The zero-order valence-corrected chi connectivity index (χ0v) is 11.6. The van der Waals surface area contributed by atoms with Crippen LogP contribution in [-0.2, 0) is 0 Å². The molecule has 0 spiro atoms. The van der Waals surface area contributed by atoms with Crippen LogP contribution in [-0.4, -0.2) is 16.4 Å². The van der Waals surface area contributed by atoms with Gasteiger partial charge < -0.3 is 9.84 Å². The monoisotopic (exact) mass is 281 g/mol. The summed E-state index contributed by atoms with van der Waals surface area (Å²) in [6.07, 6.45) is 1.67. The molecule has 106 valence electrons. The van der Waals surface area contributed by atoms with Crippen LogP contribution in [0.1, 0.15) is 6.92 Å². The van der Waals surface area contributed by atoms with Crippen molar-refractivity contribution >= 4 is 0 Å². The lowest BCUT2D eigenvalue weighted by Crippen LogP contribution is -2.32. The van der Waals surface area contributed by atoms with E-state index in [-0.39, 0.29) is 6.01 Å². The van der Waals surface area contributed by atoms with Crippen molar-refractivity contribution in [3.63, 3.8) is 0 Å². The molecule has 0 unspecified atom stereocenters. The molecule has 0 amide bonds. The Hall–Kier alpha value is -2.82. The number of aromatic nitrogens is 3. The molecule has 3 aromatic rings. The van der Waals surface area contributed by atoms with Crippen LogP contribution in [0.5, 0.6) is 11.8 Å². The fourth-order valence-electron chi connectivity index (χ4n) is 2.08. The highest BCUT2D eigenvalue weighted by molar-refractivity contribution is 5.32. The van der Waals surface area contributed by atoms with Crippen molar-refractivity contribution in [2.75, 3.05) is 6.61 Å². The first-order valence-corrected chi connectivity index (χ1v) is 6.75. The van der Waals surface area contributed by atoms with E-state index in [1.54, 1.807) is 11.0 Å². The second-order valence-corrected chi connectivity index (χ2v) is 4.48. The Kier molecular flexibility index (Phi) is 3.55. The van der Waals surface area contributed by atoms with Gasteiger partial charge in [0.05, 0.1) is 6.61 Å². The van der Waals surface area contributed by atoms with E-state index >= 15 is 0 Å². The molecule has 0 saturated carbocycles. The molecule has 0 atom stereocenters. The summed E-state index contributed by atoms with van der Waals surface area (Å²) in [5.74, 6) is 0.782. The Morgan fingerprint density at radius 2 is 1.81 bits per heavy atom. The number of para-hydroxylation sites is 1. The van der Waals surface area contributed by atoms with Crippen molar-refractivity contribution in [2.45, 2.75) is 6.92 Å². The Balaban J connectivity index is 1.94. The highest BCUT2D eigenvalue weighted by atomic mass is 16.5. The van der Waals surface area contributed by atoms with Crippen LogP contribution in [0.15, 0.2) is 60.9 Å². The van der Waals surface area contributed by atoms with E-state index in [1.807, 2.05) is 61.5 Å². The van der Waals surface area contributed by atoms with E-state index in [0.717, 1.165) is 17.1 Å². The van der Waals surface area contributed by atoms with Crippen molar-refractivity contribution in [3.8, 4) is 23.1 Å². The predicted molar refractivity (Wildman–Crippen MR) is 75.7 cm³/mol. The number of rotatable bonds is 4. The average molecular weight is 281 g/mol. The van der Waals surface area contributed by atoms with Crippen LogP contribution in [0, 0.1) is 0 Å². The lowest BCUT2D eigenvalue weighted by atomic mass is 10.3. The second-order valence-electron chi connectivity index (χ2n) is 4.48. The fraction of sp³-hybridized carbons (Fsp3) is 0.125. The Morgan fingerprint density at radius 3 is 2.48 bits per heavy atom. The van der Waals surface area contributed by atoms with E-state index < -0.39 is 0 Å². The van der Waals surface area contributed by atoms with Crippen LogP contribution in [0.4, 0.5) is 0 Å². The van der Waals surface area contributed by atoms with Crippen LogP contribution in [0.25, 0.3) is 11.4 Å². The van der Waals surface area contributed by atoms with Gasteiger partial charge >= 0.3 is 0 Å². The largest absolute Gasteiger partial charge is 0.817 e. The first-order valence-electron chi connectivity index (χ1n) is 6.75. The summed E-state index contributed by atoms with van der Waals surface area (Å²) >= 11 is 0. The van der Waals surface area contributed by atoms with Gasteiger partial charge in [0.25, 0.3) is 0 Å². The molecule has 0 fully saturated rings. The number of hydrogen-bond acceptors (Lipinski definition) is 3. The molecule has 0 saturated heterocycles. The molecule has 0 aliphatic carbocycles. The summed E-state index contributed by atoms with van der Waals surface area (Å²) in [4.78, 5) is 0. The molecule has 3 rings (SSSR count). The molecule has 2 aromatic carbocycles. The minimum atomic E-state index is -0.317. The van der Waals surface area contributed by atoms with Gasteiger partial charge in [-0.1, -0.05) is 22.9 Å². The number of hydrogen-bond donors (Lipinski definition) is 0. The highest BCUT2D eigenvalue weighted by Crippen LogP contribution is 2.13. The predicted octanol–water partition coefficient (Wildman–Crippen LogP) is 1.62. The van der Waals surface area contributed by atoms with Crippen molar-refractivity contribution in [1.82, 2.24) is 9.78 Å². The molecular weight excluding hydrogens is 266 g/mol. The number of ether oxygens (including phenoxy) is 1. The summed E-state index contributed by atoms with van der Waals surface area (Å²) in [6.45, 7) is 2.55. The molecule has 1 heterocycles. The third-order valence-corrected chi connectivity index (χ3v) is 3.07. The molecule has 21 heavy (non-hydrogen) atoms. The summed E-state index contributed by atoms with van der Waals surface area (Å²) in [5.41, 5.74) is 1.60. The standard InChI is InChI=1S/C16H15N3O2/c1-2-21-15-10-8-13(9-11-15)18-12-19(17-16(18)20)14-6-4-3-5-7-14/h3-12H,2H2,1H3. The van der Waals surface area contributed by atoms with Gasteiger partial charge in [-0.05, 0) is 43.3 Å². The van der Waals surface area contributed by atoms with E-state index in [4.69, 9.17) is 4.74 Å². The van der Waals surface area contributed by atoms with Gasteiger partial charge in [0.1, 0.15) is 17.1 Å². The molecule has 0 bridgehead atoms. The summed E-state index contributed by atoms with van der Waals surface area (Å²) < 4.78 is 8.46. The van der Waals surface area contributed by atoms with E-state index in [1.165, 1.54) is 4.57 Å². The molecule has 0 N–H and O–H groups in total. The Labute approximate surface area is 122 Å². The second kappa shape index (κ2) is 5.66. The quantitative estimate of drug-likeness (QED) is 0.683. The van der Waals surface area contributed by atoms with Crippen molar-refractivity contribution in [2.24, 2.45) is 0 Å². The van der Waals surface area contributed by atoms with Crippen molar-refractivity contribution in [3.05, 3.63) is 60.9 Å². The molecule has 5 nitrogen and oxygen atoms in total. The zero-order valence-electron chi connectivity index (χ0n) is 11.6. The normalized spacial score (nSPS) is 10.5. The van der Waals surface area contributed by atoms with Gasteiger partial charge in [0.15, 0.2) is 0 Å². The third-order valence-electron chi connectivity index (χ3n) is 3.07. The molecule has 0 aliphatic heterocycles. The van der Waals surface area contributed by atoms with Gasteiger partial charge in [-0.15, -0.1) is 0 Å². The fourth-order valence-corrected chi connectivity index (χ4v) is 2.08. The zero-order chi connectivity index (χ0) is 14.7. The van der Waals surface area contributed by atoms with Gasteiger partial charge in [-0.25, -0.2) is 4.57 Å². The first-order chi connectivity index (χ1) is 10.3. The maximum Gasteiger partial charge on any atom is 0.250 e. The smallest absolute Gasteiger partial charge is 0.250 e. The maximum absolute atomic E-state index is 12.0. The van der Waals surface area contributed by atoms with Crippen LogP contribution < -0.4 is 14.4 Å². The molecule has 0 aliphatic rings. The van der Waals surface area contributed by atoms with E-state index in [9.17, 15) is 5.11 Å². The van der Waals surface area contributed by atoms with Gasteiger partial charge in [0, 0.05) is 5.10 Å². The number of benzene rings is 2. The van der Waals surface area contributed by atoms with Crippen molar-refractivity contribution < 1.29 is 14.4 Å². The lowest BCUT2D eigenvalue weighted by Gasteiger charge is -2.04. The number of nitrogens with zero attached hydrogens (tertiary/aromatic N) is 3. The lowest BCUT2D eigenvalue weighted by molar-refractivity contribution is -0.651.